The van der Waals surface area contributed by atoms with E-state index >= 15 is 0 Å². The van der Waals surface area contributed by atoms with Crippen LogP contribution in [-0.2, 0) is 28.6 Å². The Morgan fingerprint density at radius 3 is 1.11 bits per heavy atom. The van der Waals surface area contributed by atoms with Gasteiger partial charge in [-0.25, -0.2) is 0 Å². The maximum Gasteiger partial charge on any atom is 0.306 e. The smallest absolute Gasteiger partial charge is 0.306 e. The van der Waals surface area contributed by atoms with E-state index in [0.29, 0.717) is 19.3 Å². The van der Waals surface area contributed by atoms with Crippen molar-refractivity contribution in [2.24, 2.45) is 0 Å². The molecule has 0 aromatic rings. The van der Waals surface area contributed by atoms with Gasteiger partial charge >= 0.3 is 17.9 Å². The predicted molar refractivity (Wildman–Crippen MR) is 233 cm³/mol. The topological polar surface area (TPSA) is 78.9 Å². The molecular formula is C49H84O6. The average molecular weight is 769 g/mol. The molecule has 6 nitrogen and oxygen atoms in total. The number of allylic oxidation sites excluding steroid dienone is 10. The first-order valence-corrected chi connectivity index (χ1v) is 22.8. The third-order valence-electron chi connectivity index (χ3n) is 9.54. The van der Waals surface area contributed by atoms with Crippen LogP contribution in [0.25, 0.3) is 0 Å². The Kier molecular flexibility index (Phi) is 41.5. The van der Waals surface area contributed by atoms with Crippen LogP contribution in [0.2, 0.25) is 0 Å². The molecule has 0 bridgehead atoms. The Labute approximate surface area is 339 Å². The van der Waals surface area contributed by atoms with Crippen LogP contribution in [0.3, 0.4) is 0 Å². The molecule has 1 atom stereocenters. The zero-order valence-electron chi connectivity index (χ0n) is 35.9. The Hall–Kier alpha value is -2.89. The lowest BCUT2D eigenvalue weighted by Gasteiger charge is -2.18. The maximum atomic E-state index is 12.6. The van der Waals surface area contributed by atoms with E-state index in [-0.39, 0.29) is 31.1 Å². The third-order valence-corrected chi connectivity index (χ3v) is 9.54. The van der Waals surface area contributed by atoms with Crippen LogP contribution in [0.4, 0.5) is 0 Å². The van der Waals surface area contributed by atoms with Gasteiger partial charge in [0, 0.05) is 19.3 Å². The van der Waals surface area contributed by atoms with Crippen LogP contribution < -0.4 is 0 Å². The molecule has 0 radical (unpaired) electrons. The fourth-order valence-corrected chi connectivity index (χ4v) is 6.11. The Bertz CT molecular complexity index is 1020. The Morgan fingerprint density at radius 2 is 0.709 bits per heavy atom. The minimum atomic E-state index is -0.770. The number of unbranched alkanes of at least 4 members (excludes halogenated alkanes) is 19. The van der Waals surface area contributed by atoms with Crippen molar-refractivity contribution < 1.29 is 28.6 Å². The Morgan fingerprint density at radius 1 is 0.382 bits per heavy atom. The largest absolute Gasteiger partial charge is 0.462 e. The van der Waals surface area contributed by atoms with Crippen molar-refractivity contribution in [2.75, 3.05) is 13.2 Å². The lowest BCUT2D eigenvalue weighted by Crippen LogP contribution is -2.30. The van der Waals surface area contributed by atoms with Crippen LogP contribution in [0.1, 0.15) is 213 Å². The van der Waals surface area contributed by atoms with Crippen LogP contribution in [0.15, 0.2) is 60.8 Å². The number of carbonyl (C=O) groups is 3. The highest BCUT2D eigenvalue weighted by Gasteiger charge is 2.19. The normalized spacial score (nSPS) is 12.6. The summed E-state index contributed by atoms with van der Waals surface area (Å²) in [7, 11) is 0. The van der Waals surface area contributed by atoms with E-state index in [1.807, 2.05) is 0 Å². The minimum Gasteiger partial charge on any atom is -0.462 e. The van der Waals surface area contributed by atoms with Crippen molar-refractivity contribution in [1.82, 2.24) is 0 Å². The second-order valence-electron chi connectivity index (χ2n) is 14.9. The molecule has 316 valence electrons. The zero-order chi connectivity index (χ0) is 40.1. The number of esters is 3. The molecule has 0 spiro atoms. The van der Waals surface area contributed by atoms with Crippen LogP contribution in [0.5, 0.6) is 0 Å². The van der Waals surface area contributed by atoms with Gasteiger partial charge in [0.15, 0.2) is 6.10 Å². The van der Waals surface area contributed by atoms with Gasteiger partial charge in [0.1, 0.15) is 13.2 Å². The van der Waals surface area contributed by atoms with Gasteiger partial charge in [-0.15, -0.1) is 0 Å². The standard InChI is InChI=1S/C49H84O6/c1-4-7-10-13-15-17-18-19-20-21-22-23-24-25-26-27-28-29-30-32-33-36-39-42-48(51)54-45-46(44-53-47(50)41-38-35-12-9-6-3)55-49(52)43-40-37-34-31-16-14-11-8-5-2/h7,10,15,17,19-20,22-23,25-26,46H,4-6,8-9,11-14,16,18,21,24,27-45H2,1-3H3/b10-7-,17-15-,20-19-,23-22-,26-25-. The summed E-state index contributed by atoms with van der Waals surface area (Å²) in [4.78, 5) is 37.4. The van der Waals surface area contributed by atoms with Crippen molar-refractivity contribution >= 4 is 17.9 Å². The maximum absolute atomic E-state index is 12.6. The summed E-state index contributed by atoms with van der Waals surface area (Å²) >= 11 is 0. The summed E-state index contributed by atoms with van der Waals surface area (Å²) in [5.74, 6) is -0.909. The lowest BCUT2D eigenvalue weighted by molar-refractivity contribution is -0.167. The highest BCUT2D eigenvalue weighted by Crippen LogP contribution is 2.14. The molecule has 0 heterocycles. The van der Waals surface area contributed by atoms with Gasteiger partial charge < -0.3 is 14.2 Å². The average Bonchev–Trinajstić information content (AvgIpc) is 3.18. The van der Waals surface area contributed by atoms with E-state index in [1.54, 1.807) is 0 Å². The number of hydrogen-bond acceptors (Lipinski definition) is 6. The van der Waals surface area contributed by atoms with E-state index < -0.39 is 6.10 Å². The summed E-state index contributed by atoms with van der Waals surface area (Å²) in [5.41, 5.74) is 0. The number of ether oxygens (including phenoxy) is 3. The second-order valence-corrected chi connectivity index (χ2v) is 14.9. The van der Waals surface area contributed by atoms with Gasteiger partial charge in [-0.1, -0.05) is 191 Å². The molecular weight excluding hydrogens is 685 g/mol. The Balaban J connectivity index is 4.13. The van der Waals surface area contributed by atoms with E-state index in [0.717, 1.165) is 103 Å². The fourth-order valence-electron chi connectivity index (χ4n) is 6.11. The van der Waals surface area contributed by atoms with Crippen LogP contribution >= 0.6 is 0 Å². The molecule has 0 amide bonds. The van der Waals surface area contributed by atoms with Gasteiger partial charge in [0.2, 0.25) is 0 Å². The highest BCUT2D eigenvalue weighted by molar-refractivity contribution is 5.71. The van der Waals surface area contributed by atoms with E-state index in [9.17, 15) is 14.4 Å². The quantitative estimate of drug-likeness (QED) is 0.0267. The number of carbonyl (C=O) groups excluding carboxylic acids is 3. The lowest BCUT2D eigenvalue weighted by atomic mass is 10.1. The molecule has 55 heavy (non-hydrogen) atoms. The van der Waals surface area contributed by atoms with Crippen molar-refractivity contribution in [2.45, 2.75) is 219 Å². The van der Waals surface area contributed by atoms with Crippen molar-refractivity contribution in [3.8, 4) is 0 Å². The van der Waals surface area contributed by atoms with E-state index in [4.69, 9.17) is 14.2 Å². The molecule has 0 aliphatic heterocycles. The molecule has 0 aliphatic rings. The van der Waals surface area contributed by atoms with E-state index in [2.05, 4.69) is 81.5 Å². The molecule has 0 aromatic heterocycles. The van der Waals surface area contributed by atoms with E-state index in [1.165, 1.54) is 70.6 Å². The third kappa shape index (κ3) is 42.1. The summed E-state index contributed by atoms with van der Waals surface area (Å²) < 4.78 is 16.6. The first-order valence-electron chi connectivity index (χ1n) is 22.8. The second kappa shape index (κ2) is 43.8. The first kappa shape index (κ1) is 52.1. The summed E-state index contributed by atoms with van der Waals surface area (Å²) in [6.07, 6.45) is 52.4. The summed E-state index contributed by atoms with van der Waals surface area (Å²) in [6.45, 7) is 6.39. The molecule has 1 unspecified atom stereocenters. The van der Waals surface area contributed by atoms with Crippen molar-refractivity contribution in [3.05, 3.63) is 60.8 Å². The molecule has 0 aromatic carbocycles. The molecule has 0 rings (SSSR count). The zero-order valence-corrected chi connectivity index (χ0v) is 35.9. The molecule has 0 aliphatic carbocycles. The van der Waals surface area contributed by atoms with Crippen LogP contribution in [-0.4, -0.2) is 37.2 Å². The van der Waals surface area contributed by atoms with Crippen LogP contribution in [0, 0.1) is 0 Å². The fraction of sp³-hybridized carbons (Fsp3) is 0.735. The minimum absolute atomic E-state index is 0.0777. The van der Waals surface area contributed by atoms with Gasteiger partial charge in [0.05, 0.1) is 0 Å². The van der Waals surface area contributed by atoms with Gasteiger partial charge in [0.25, 0.3) is 0 Å². The summed E-state index contributed by atoms with van der Waals surface area (Å²) in [6, 6.07) is 0. The van der Waals surface area contributed by atoms with Crippen molar-refractivity contribution in [3.63, 3.8) is 0 Å². The summed E-state index contributed by atoms with van der Waals surface area (Å²) in [5, 5.41) is 0. The predicted octanol–water partition coefficient (Wildman–Crippen LogP) is 14.5. The van der Waals surface area contributed by atoms with Crippen molar-refractivity contribution in [1.29, 1.82) is 0 Å². The number of hydrogen-bond donors (Lipinski definition) is 0. The van der Waals surface area contributed by atoms with Gasteiger partial charge in [-0.2, -0.15) is 0 Å². The molecule has 0 saturated heterocycles. The highest BCUT2D eigenvalue weighted by atomic mass is 16.6. The monoisotopic (exact) mass is 769 g/mol. The molecule has 0 fully saturated rings. The molecule has 0 saturated carbocycles. The molecule has 0 N–H and O–H groups in total. The SMILES string of the molecule is CC/C=C\C/C=C\C/C=C\C/C=C\C/C=C\CCCCCCCCCC(=O)OCC(COC(=O)CCCCCCC)OC(=O)CCCCCCCCCCC. The van der Waals surface area contributed by atoms with Gasteiger partial charge in [-0.05, 0) is 64.2 Å². The van der Waals surface area contributed by atoms with Gasteiger partial charge in [-0.3, -0.25) is 14.4 Å². The number of rotatable bonds is 40. The molecule has 6 heteroatoms. The first-order chi connectivity index (χ1) is 27.0.